The van der Waals surface area contributed by atoms with Gasteiger partial charge in [0.05, 0.1) is 5.56 Å². The first kappa shape index (κ1) is 61.4. The molecule has 26 heteroatoms. The molecule has 440 valence electrons. The number of fused-ring (bicyclic) bond motifs is 2. The second kappa shape index (κ2) is 28.0. The number of aliphatic hydroxyl groups excluding tert-OH is 2. The molecule has 4 aromatic heterocycles. The van der Waals surface area contributed by atoms with Crippen molar-refractivity contribution in [2.24, 2.45) is 5.73 Å². The van der Waals surface area contributed by atoms with Crippen LogP contribution in [0.3, 0.4) is 0 Å². The van der Waals surface area contributed by atoms with Gasteiger partial charge in [-0.15, -0.1) is 10.2 Å². The van der Waals surface area contributed by atoms with E-state index in [2.05, 4.69) is 30.4 Å². The number of carboxylic acid groups (broad SMARTS) is 1. The second-order valence-electron chi connectivity index (χ2n) is 19.4. The standard InChI is InChI=1S/C30H27ClN4O7.C22H22ClNO6.C7H5N3O3/c1-17-28(42-30(39)41-17)12-11-26(36)27(37)16-23(32-29(38)21-9-10-24-25(15-21)35(40)34-33-24)13-18-5-7-19(8-6-18)20-3-2-4-22(31)14-20;1-13-20(30-22(27)29-13)12-28-21(26)19(25)11-18(24)9-14-5-7-15(8-6-14)16-3-2-4-17(23)10-16;11-7(12)4-1-2-5-6(3-4)10(13)9-8-5/h2-10,14-15,23,27,37,40H,11-13,16H2,1H3,(H,32,38);2-8,10,18-19,25H,9,11-12,24H2,1H3;1-3,13H,(H,11,12)/t23-,27-;18-,19-;/m11./s1. The molecule has 24 nitrogen and oxygen atoms in total. The van der Waals surface area contributed by atoms with E-state index in [1.54, 1.807) is 25.1 Å². The predicted octanol–water partition coefficient (Wildman–Crippen LogP) is 7.73. The average Bonchev–Trinajstić information content (AvgIpc) is 4.46. The third-order valence-corrected chi connectivity index (χ3v) is 13.7. The van der Waals surface area contributed by atoms with Crippen molar-refractivity contribution in [3.63, 3.8) is 0 Å². The van der Waals surface area contributed by atoms with Crippen LogP contribution in [0.4, 0.5) is 0 Å². The number of aryl methyl sites for hydroxylation is 3. The van der Waals surface area contributed by atoms with Gasteiger partial charge in [0.2, 0.25) is 0 Å². The molecule has 0 aliphatic heterocycles. The zero-order valence-electron chi connectivity index (χ0n) is 45.2. The van der Waals surface area contributed by atoms with Crippen LogP contribution in [0.1, 0.15) is 74.1 Å². The van der Waals surface area contributed by atoms with Crippen molar-refractivity contribution in [3.05, 3.63) is 210 Å². The first-order chi connectivity index (χ1) is 40.7. The Hall–Kier alpha value is -9.72. The molecule has 10 aromatic rings. The van der Waals surface area contributed by atoms with Gasteiger partial charge in [0.25, 0.3) is 5.91 Å². The molecule has 4 heterocycles. The van der Waals surface area contributed by atoms with Crippen molar-refractivity contribution in [3.8, 4) is 22.3 Å². The highest BCUT2D eigenvalue weighted by Crippen LogP contribution is 2.26. The van der Waals surface area contributed by atoms with Gasteiger partial charge in [0.1, 0.15) is 39.7 Å². The van der Waals surface area contributed by atoms with Crippen LogP contribution in [0.25, 0.3) is 44.3 Å². The molecule has 0 aliphatic carbocycles. The fourth-order valence-electron chi connectivity index (χ4n) is 8.75. The molecule has 1 amide bonds. The summed E-state index contributed by atoms with van der Waals surface area (Å²) in [5.41, 5.74) is 13.6. The van der Waals surface area contributed by atoms with Gasteiger partial charge < -0.3 is 59.2 Å². The molecule has 6 aromatic carbocycles. The minimum atomic E-state index is -1.38. The maximum Gasteiger partial charge on any atom is 0.519 e. The molecule has 0 aliphatic rings. The Morgan fingerprint density at radius 2 is 1.13 bits per heavy atom. The molecule has 0 saturated carbocycles. The zero-order chi connectivity index (χ0) is 60.9. The highest BCUT2D eigenvalue weighted by Gasteiger charge is 2.25. The Bertz CT molecular complexity index is 4100. The number of ketones is 1. The summed E-state index contributed by atoms with van der Waals surface area (Å²) in [4.78, 5) is 71.9. The topological polar surface area (TPSA) is 365 Å². The Balaban J connectivity index is 0.000000189. The van der Waals surface area contributed by atoms with Crippen molar-refractivity contribution in [1.82, 2.24) is 35.6 Å². The lowest BCUT2D eigenvalue weighted by molar-refractivity contribution is -0.156. The monoisotopic (exact) mass is 1200 g/mol. The maximum absolute atomic E-state index is 13.2. The number of nitrogens with one attached hydrogen (secondary N) is 1. The molecule has 85 heavy (non-hydrogen) atoms. The molecule has 0 fully saturated rings. The van der Waals surface area contributed by atoms with E-state index in [4.69, 9.17) is 57.2 Å². The summed E-state index contributed by atoms with van der Waals surface area (Å²) >= 11 is 12.2. The van der Waals surface area contributed by atoms with E-state index in [1.807, 2.05) is 91.0 Å². The number of amides is 1. The SMILES string of the molecule is Cc1oc(=O)oc1CCC(=O)[C@H](O)C[C@@H](Cc1ccc(-c2cccc(Cl)c2)cc1)NC(=O)c1ccc2nnn(O)c2c1.Cc1oc(=O)oc1COC(=O)[C@H](O)C[C@H](N)Cc1ccc(-c2cccc(Cl)c2)cc1.O=C(O)c1ccc2nnn(O)c2c1. The van der Waals surface area contributed by atoms with E-state index in [0.717, 1.165) is 33.4 Å². The molecule has 0 radical (unpaired) electrons. The summed E-state index contributed by atoms with van der Waals surface area (Å²) in [6, 6.07) is 38.3. The number of hydrogen-bond acceptors (Lipinski definition) is 20. The third-order valence-electron chi connectivity index (χ3n) is 13.2. The number of benzene rings is 6. The fourth-order valence-corrected chi connectivity index (χ4v) is 9.13. The number of nitrogens with zero attached hydrogens (tertiary/aromatic N) is 6. The summed E-state index contributed by atoms with van der Waals surface area (Å²) in [6.07, 6.45) is -1.98. The summed E-state index contributed by atoms with van der Waals surface area (Å²) in [7, 11) is 0. The number of esters is 1. The van der Waals surface area contributed by atoms with Crippen molar-refractivity contribution < 1.29 is 67.3 Å². The highest BCUT2D eigenvalue weighted by atomic mass is 35.5. The first-order valence-corrected chi connectivity index (χ1v) is 26.7. The minimum absolute atomic E-state index is 0.0309. The van der Waals surface area contributed by atoms with E-state index < -0.39 is 59.6 Å². The summed E-state index contributed by atoms with van der Waals surface area (Å²) < 4.78 is 24.1. The van der Waals surface area contributed by atoms with Crippen LogP contribution in [0, 0.1) is 13.8 Å². The van der Waals surface area contributed by atoms with E-state index in [0.29, 0.717) is 43.6 Å². The van der Waals surface area contributed by atoms with Crippen LogP contribution in [-0.2, 0) is 40.2 Å². The van der Waals surface area contributed by atoms with Crippen LogP contribution in [0.2, 0.25) is 10.0 Å². The average molecular weight is 1200 g/mol. The number of nitrogens with two attached hydrogens (primary N) is 1. The Kier molecular flexibility index (Phi) is 20.2. The second-order valence-corrected chi connectivity index (χ2v) is 20.2. The van der Waals surface area contributed by atoms with Gasteiger partial charge >= 0.3 is 23.6 Å². The minimum Gasteiger partial charge on any atom is -0.478 e. The van der Waals surface area contributed by atoms with Crippen molar-refractivity contribution >= 4 is 68.9 Å². The molecular formula is C59H54Cl2N8O16. The molecule has 0 bridgehead atoms. The van der Waals surface area contributed by atoms with Gasteiger partial charge in [-0.3, -0.25) is 9.59 Å². The Labute approximate surface area is 491 Å². The number of carbonyl (C=O) groups excluding carboxylic acids is 3. The summed E-state index contributed by atoms with van der Waals surface area (Å²) in [6.45, 7) is 2.77. The fraction of sp³-hybridized carbons (Fsp3) is 0.220. The Morgan fingerprint density at radius 1 is 0.624 bits per heavy atom. The van der Waals surface area contributed by atoms with E-state index in [1.165, 1.54) is 31.2 Å². The van der Waals surface area contributed by atoms with E-state index in [9.17, 15) is 44.2 Å². The highest BCUT2D eigenvalue weighted by molar-refractivity contribution is 6.31. The number of aromatic carboxylic acids is 1. The smallest absolute Gasteiger partial charge is 0.478 e. The quantitative estimate of drug-likeness (QED) is 0.0283. The van der Waals surface area contributed by atoms with Gasteiger partial charge in [-0.2, -0.15) is 0 Å². The van der Waals surface area contributed by atoms with Gasteiger partial charge in [0, 0.05) is 47.0 Å². The van der Waals surface area contributed by atoms with Crippen molar-refractivity contribution in [2.75, 3.05) is 0 Å². The zero-order valence-corrected chi connectivity index (χ0v) is 46.7. The van der Waals surface area contributed by atoms with Crippen molar-refractivity contribution in [2.45, 2.75) is 83.3 Å². The number of ether oxygens (including phenoxy) is 1. The van der Waals surface area contributed by atoms with Crippen LogP contribution < -0.4 is 22.7 Å². The largest absolute Gasteiger partial charge is 0.519 e. The van der Waals surface area contributed by atoms with Crippen LogP contribution in [0.15, 0.2) is 161 Å². The number of carboxylic acids is 1. The number of halogens is 2. The lowest BCUT2D eigenvalue weighted by Gasteiger charge is -2.22. The van der Waals surface area contributed by atoms with Gasteiger partial charge in [-0.1, -0.05) is 106 Å². The van der Waals surface area contributed by atoms with E-state index >= 15 is 0 Å². The molecule has 0 unspecified atom stereocenters. The molecule has 8 N–H and O–H groups in total. The van der Waals surface area contributed by atoms with Crippen LogP contribution in [-0.4, -0.2) is 104 Å². The molecule has 4 atom stereocenters. The number of Topliss-reactive ketones (excluding diaryl/α,β-unsaturated/α-hetero) is 1. The van der Waals surface area contributed by atoms with Gasteiger partial charge in [-0.05, 0) is 138 Å². The predicted molar refractivity (Wildman–Crippen MR) is 305 cm³/mol. The maximum atomic E-state index is 13.2. The first-order valence-electron chi connectivity index (χ1n) is 26.0. The van der Waals surface area contributed by atoms with Crippen LogP contribution in [0.5, 0.6) is 0 Å². The van der Waals surface area contributed by atoms with Crippen LogP contribution >= 0.6 is 23.2 Å². The lowest BCUT2D eigenvalue weighted by Crippen LogP contribution is -2.40. The number of rotatable bonds is 20. The van der Waals surface area contributed by atoms with Gasteiger partial charge in [-0.25, -0.2) is 19.2 Å². The number of aliphatic hydroxyl groups is 2. The molecule has 0 saturated heterocycles. The number of aromatic nitrogens is 6. The molecule has 0 spiro atoms. The Morgan fingerprint density at radius 3 is 1.64 bits per heavy atom. The van der Waals surface area contributed by atoms with Gasteiger partial charge in [0.15, 0.2) is 30.0 Å². The lowest BCUT2D eigenvalue weighted by atomic mass is 9.95. The van der Waals surface area contributed by atoms with Crippen molar-refractivity contribution in [1.29, 1.82) is 0 Å². The molecular weight excluding hydrogens is 1150 g/mol. The molecule has 10 rings (SSSR count). The third kappa shape index (κ3) is 16.7. The number of hydrogen-bond donors (Lipinski definition) is 7. The van der Waals surface area contributed by atoms with E-state index in [-0.39, 0.29) is 77.5 Å². The summed E-state index contributed by atoms with van der Waals surface area (Å²) in [5.74, 6) is -3.69. The number of carbonyl (C=O) groups is 4. The summed E-state index contributed by atoms with van der Waals surface area (Å²) in [5, 5.41) is 66.9. The normalized spacial score (nSPS) is 12.5.